The lowest BCUT2D eigenvalue weighted by Gasteiger charge is -2.42. The van der Waals surface area contributed by atoms with E-state index in [2.05, 4.69) is 41.4 Å². The van der Waals surface area contributed by atoms with Crippen LogP contribution >= 0.6 is 0 Å². The molecule has 158 valence electrons. The van der Waals surface area contributed by atoms with Gasteiger partial charge in [0.25, 0.3) is 0 Å². The molecule has 29 heavy (non-hydrogen) atoms. The normalized spacial score (nSPS) is 24.9. The molecular weight excluding hydrogens is 381 g/mol. The second-order valence-electron chi connectivity index (χ2n) is 7.56. The van der Waals surface area contributed by atoms with Crippen LogP contribution in [0.3, 0.4) is 0 Å². The zero-order valence-electron chi connectivity index (χ0n) is 16.8. The summed E-state index contributed by atoms with van der Waals surface area (Å²) < 4.78 is 47.2. The third-order valence-corrected chi connectivity index (χ3v) is 5.66. The molecule has 0 aliphatic carbocycles. The van der Waals surface area contributed by atoms with Crippen LogP contribution in [0, 0.1) is 11.8 Å². The van der Waals surface area contributed by atoms with Crippen LogP contribution in [0.5, 0.6) is 11.5 Å². The Morgan fingerprint density at radius 2 is 1.83 bits per heavy atom. The summed E-state index contributed by atoms with van der Waals surface area (Å²) in [6, 6.07) is 14.5. The lowest BCUT2D eigenvalue weighted by Crippen LogP contribution is -2.53. The van der Waals surface area contributed by atoms with Gasteiger partial charge in [0.15, 0.2) is 0 Å². The number of hydrogen-bond acceptors (Lipinski definition) is 4. The minimum Gasteiger partial charge on any atom is -0.496 e. The van der Waals surface area contributed by atoms with Gasteiger partial charge in [-0.15, -0.1) is 13.2 Å². The molecule has 1 aliphatic heterocycles. The first-order valence-corrected chi connectivity index (χ1v) is 9.73. The highest BCUT2D eigenvalue weighted by Gasteiger charge is 2.35. The van der Waals surface area contributed by atoms with E-state index in [9.17, 15) is 13.2 Å². The number of halogens is 3. The third kappa shape index (κ3) is 5.42. The van der Waals surface area contributed by atoms with Crippen molar-refractivity contribution in [3.63, 3.8) is 0 Å². The molecule has 2 N–H and O–H groups in total. The number of piperidine rings is 1. The molecule has 1 saturated heterocycles. The zero-order valence-corrected chi connectivity index (χ0v) is 16.8. The van der Waals surface area contributed by atoms with E-state index in [1.165, 1.54) is 30.9 Å². The molecule has 2 aromatic rings. The summed E-state index contributed by atoms with van der Waals surface area (Å²) in [5, 5.41) is 7.16. The highest BCUT2D eigenvalue weighted by atomic mass is 19.4. The minimum absolute atomic E-state index is 0.109. The smallest absolute Gasteiger partial charge is 0.496 e. The van der Waals surface area contributed by atoms with Gasteiger partial charge in [-0.25, -0.2) is 0 Å². The molecule has 4 unspecified atom stereocenters. The molecule has 3 rings (SSSR count). The molecule has 0 saturated carbocycles. The molecule has 0 radical (unpaired) electrons. The van der Waals surface area contributed by atoms with Gasteiger partial charge in [0.2, 0.25) is 0 Å². The number of hydrogen-bond donors (Lipinski definition) is 2. The fourth-order valence-corrected chi connectivity index (χ4v) is 3.89. The van der Waals surface area contributed by atoms with Gasteiger partial charge >= 0.3 is 6.36 Å². The van der Waals surface area contributed by atoms with Gasteiger partial charge in [0.1, 0.15) is 11.5 Å². The van der Waals surface area contributed by atoms with Crippen molar-refractivity contribution in [2.45, 2.75) is 38.8 Å². The maximum atomic E-state index is 12.6. The van der Waals surface area contributed by atoms with E-state index in [4.69, 9.17) is 4.74 Å². The Balaban J connectivity index is 1.80. The van der Waals surface area contributed by atoms with Gasteiger partial charge in [-0.3, -0.25) is 0 Å². The molecule has 0 spiro atoms. The number of benzene rings is 2. The maximum Gasteiger partial charge on any atom is 0.573 e. The molecule has 0 aromatic heterocycles. The number of rotatable bonds is 6. The van der Waals surface area contributed by atoms with Crippen molar-refractivity contribution >= 4 is 0 Å². The minimum atomic E-state index is -4.73. The molecule has 4 nitrogen and oxygen atoms in total. The Hall–Kier alpha value is -2.25. The van der Waals surface area contributed by atoms with E-state index < -0.39 is 6.36 Å². The van der Waals surface area contributed by atoms with E-state index in [1.54, 1.807) is 0 Å². The summed E-state index contributed by atoms with van der Waals surface area (Å²) in [4.78, 5) is 0. The van der Waals surface area contributed by atoms with Crippen LogP contribution in [0.1, 0.15) is 31.0 Å². The second-order valence-corrected chi connectivity index (χ2v) is 7.56. The third-order valence-electron chi connectivity index (χ3n) is 5.66. The first kappa shape index (κ1) is 21.5. The van der Waals surface area contributed by atoms with Crippen molar-refractivity contribution in [2.24, 2.45) is 11.8 Å². The summed E-state index contributed by atoms with van der Waals surface area (Å²) in [5.41, 5.74) is 1.80. The predicted octanol–water partition coefficient (Wildman–Crippen LogP) is 4.67. The van der Waals surface area contributed by atoms with E-state index >= 15 is 0 Å². The molecular formula is C22H27F3N2O2. The van der Waals surface area contributed by atoms with Crippen molar-refractivity contribution in [1.29, 1.82) is 0 Å². The van der Waals surface area contributed by atoms with Crippen LogP contribution in [-0.2, 0) is 6.54 Å². The van der Waals surface area contributed by atoms with Gasteiger partial charge in [0, 0.05) is 24.2 Å². The molecule has 1 fully saturated rings. The van der Waals surface area contributed by atoms with E-state index in [0.29, 0.717) is 29.7 Å². The van der Waals surface area contributed by atoms with E-state index in [0.717, 1.165) is 6.54 Å². The van der Waals surface area contributed by atoms with Crippen LogP contribution in [-0.4, -0.2) is 26.1 Å². The summed E-state index contributed by atoms with van der Waals surface area (Å²) in [6.07, 6.45) is -4.73. The summed E-state index contributed by atoms with van der Waals surface area (Å²) in [7, 11) is 1.50. The molecule has 1 heterocycles. The standard InChI is InChI=1S/C22H27F3N2O2/c1-14-12-26-21(16-7-5-4-6-8-16)20(15(14)2)27-13-17-11-18(29-22(23,24)25)9-10-19(17)28-3/h4-11,14-15,20-21,26-27H,12-13H2,1-3H3. The number of ether oxygens (including phenoxy) is 2. The first-order valence-electron chi connectivity index (χ1n) is 9.73. The second kappa shape index (κ2) is 9.05. The average molecular weight is 408 g/mol. The first-order chi connectivity index (χ1) is 13.8. The van der Waals surface area contributed by atoms with Crippen molar-refractivity contribution in [2.75, 3.05) is 13.7 Å². The van der Waals surface area contributed by atoms with Crippen LogP contribution in [0.2, 0.25) is 0 Å². The molecule has 1 aliphatic rings. The average Bonchev–Trinajstić information content (AvgIpc) is 2.68. The molecule has 7 heteroatoms. The monoisotopic (exact) mass is 408 g/mol. The Morgan fingerprint density at radius 3 is 2.48 bits per heavy atom. The number of nitrogens with one attached hydrogen (secondary N) is 2. The van der Waals surface area contributed by atoms with Crippen LogP contribution in [0.4, 0.5) is 13.2 Å². The van der Waals surface area contributed by atoms with Crippen molar-refractivity contribution in [1.82, 2.24) is 10.6 Å². The van der Waals surface area contributed by atoms with Gasteiger partial charge in [-0.05, 0) is 42.1 Å². The Labute approximate surface area is 169 Å². The van der Waals surface area contributed by atoms with Crippen LogP contribution < -0.4 is 20.1 Å². The Kier molecular flexibility index (Phi) is 6.70. The lowest BCUT2D eigenvalue weighted by molar-refractivity contribution is -0.274. The largest absolute Gasteiger partial charge is 0.573 e. The molecule has 2 aromatic carbocycles. The summed E-state index contributed by atoms with van der Waals surface area (Å²) in [5.74, 6) is 1.11. The van der Waals surface area contributed by atoms with E-state index in [-0.39, 0.29) is 17.8 Å². The maximum absolute atomic E-state index is 12.6. The number of methoxy groups -OCH3 is 1. The molecule has 0 amide bonds. The Morgan fingerprint density at radius 1 is 1.10 bits per heavy atom. The Bertz CT molecular complexity index is 798. The van der Waals surface area contributed by atoms with Crippen molar-refractivity contribution < 1.29 is 22.6 Å². The highest BCUT2D eigenvalue weighted by molar-refractivity contribution is 5.40. The van der Waals surface area contributed by atoms with Gasteiger partial charge in [-0.1, -0.05) is 44.2 Å². The zero-order chi connectivity index (χ0) is 21.0. The fraction of sp³-hybridized carbons (Fsp3) is 0.455. The highest BCUT2D eigenvalue weighted by Crippen LogP contribution is 2.33. The van der Waals surface area contributed by atoms with Crippen LogP contribution in [0.25, 0.3) is 0 Å². The predicted molar refractivity (Wildman–Crippen MR) is 106 cm³/mol. The quantitative estimate of drug-likeness (QED) is 0.729. The summed E-state index contributed by atoms with van der Waals surface area (Å²) in [6.45, 7) is 5.69. The lowest BCUT2D eigenvalue weighted by atomic mass is 9.79. The molecule has 0 bridgehead atoms. The SMILES string of the molecule is COc1ccc(OC(F)(F)F)cc1CNC1C(c2ccccc2)NCC(C)C1C. The topological polar surface area (TPSA) is 42.5 Å². The van der Waals surface area contributed by atoms with Crippen LogP contribution in [0.15, 0.2) is 48.5 Å². The van der Waals surface area contributed by atoms with Gasteiger partial charge in [0.05, 0.1) is 7.11 Å². The molecule has 4 atom stereocenters. The van der Waals surface area contributed by atoms with Gasteiger partial charge in [-0.2, -0.15) is 0 Å². The van der Waals surface area contributed by atoms with Crippen molar-refractivity contribution in [3.8, 4) is 11.5 Å². The number of alkyl halides is 3. The van der Waals surface area contributed by atoms with Gasteiger partial charge < -0.3 is 20.1 Å². The van der Waals surface area contributed by atoms with Crippen molar-refractivity contribution in [3.05, 3.63) is 59.7 Å². The van der Waals surface area contributed by atoms with E-state index in [1.807, 2.05) is 18.2 Å². The fourth-order valence-electron chi connectivity index (χ4n) is 3.89. The summed E-state index contributed by atoms with van der Waals surface area (Å²) >= 11 is 0.